The van der Waals surface area contributed by atoms with E-state index in [1.165, 1.54) is 12.1 Å². The standard InChI is InChI=1S/C30H31Cl2N3O6S/c31-21-9-14-25(26(32)19-21)27-30(29(37)35-34-22-10-11-22,15-18-42(38,39)24-5-2-1-3-6-24)33-28(41-27)20-7-12-23(13-8-20)40-17-4-16-36/h1-3,5-9,12-14,19,22,27,34,36H,4,10-11,15-18H2,(H,35,37)/t27-,30-/m0/s1. The van der Waals surface area contributed by atoms with E-state index in [0.717, 1.165) is 12.8 Å². The average Bonchev–Trinajstić information content (AvgIpc) is 3.74. The molecule has 2 atom stereocenters. The lowest BCUT2D eigenvalue weighted by molar-refractivity contribution is -0.130. The molecule has 3 N–H and O–H groups in total. The topological polar surface area (TPSA) is 126 Å². The summed E-state index contributed by atoms with van der Waals surface area (Å²) < 4.78 is 38.8. The van der Waals surface area contributed by atoms with Gasteiger partial charge in [0, 0.05) is 46.7 Å². The predicted molar refractivity (Wildman–Crippen MR) is 161 cm³/mol. The second kappa shape index (κ2) is 13.0. The van der Waals surface area contributed by atoms with Gasteiger partial charge in [-0.15, -0.1) is 0 Å². The van der Waals surface area contributed by atoms with Crippen LogP contribution in [0.15, 0.2) is 82.7 Å². The molecule has 1 saturated carbocycles. The summed E-state index contributed by atoms with van der Waals surface area (Å²) >= 11 is 12.8. The van der Waals surface area contributed by atoms with Crippen molar-refractivity contribution in [3.63, 3.8) is 0 Å². The van der Waals surface area contributed by atoms with Gasteiger partial charge in [0.1, 0.15) is 5.75 Å². The number of carbonyl (C=O) groups excluding carboxylic acids is 1. The van der Waals surface area contributed by atoms with E-state index in [1.807, 2.05) is 0 Å². The third-order valence-electron chi connectivity index (χ3n) is 7.10. The lowest BCUT2D eigenvalue weighted by atomic mass is 9.85. The van der Waals surface area contributed by atoms with Crippen molar-refractivity contribution in [1.82, 2.24) is 10.9 Å². The van der Waals surface area contributed by atoms with Crippen molar-refractivity contribution in [1.29, 1.82) is 0 Å². The molecule has 12 heteroatoms. The largest absolute Gasteiger partial charge is 0.494 e. The highest BCUT2D eigenvalue weighted by molar-refractivity contribution is 7.91. The number of hydrazine groups is 1. The summed E-state index contributed by atoms with van der Waals surface area (Å²) in [5, 5.41) is 9.67. The highest BCUT2D eigenvalue weighted by Gasteiger charge is 2.54. The Morgan fingerprint density at radius 2 is 1.81 bits per heavy atom. The molecular weight excluding hydrogens is 601 g/mol. The zero-order valence-electron chi connectivity index (χ0n) is 22.6. The first-order valence-electron chi connectivity index (χ1n) is 13.6. The van der Waals surface area contributed by atoms with Crippen LogP contribution in [-0.2, 0) is 19.4 Å². The van der Waals surface area contributed by atoms with Crippen LogP contribution in [0.3, 0.4) is 0 Å². The molecule has 3 aromatic rings. The van der Waals surface area contributed by atoms with Crippen molar-refractivity contribution >= 4 is 44.8 Å². The normalized spacial score (nSPS) is 20.1. The van der Waals surface area contributed by atoms with Crippen LogP contribution in [-0.4, -0.2) is 55.9 Å². The fourth-order valence-electron chi connectivity index (χ4n) is 4.60. The molecule has 3 aromatic carbocycles. The predicted octanol–water partition coefficient (Wildman–Crippen LogP) is 4.66. The highest BCUT2D eigenvalue weighted by Crippen LogP contribution is 2.45. The van der Waals surface area contributed by atoms with Gasteiger partial charge >= 0.3 is 0 Å². The Balaban J connectivity index is 1.54. The van der Waals surface area contributed by atoms with Crippen molar-refractivity contribution in [2.75, 3.05) is 19.0 Å². The number of amides is 1. The van der Waals surface area contributed by atoms with Gasteiger partial charge in [-0.1, -0.05) is 47.5 Å². The molecule has 42 heavy (non-hydrogen) atoms. The average molecular weight is 633 g/mol. The summed E-state index contributed by atoms with van der Waals surface area (Å²) in [6.45, 7) is 0.384. The number of benzene rings is 3. The first kappa shape index (κ1) is 30.3. The van der Waals surface area contributed by atoms with Crippen LogP contribution in [0.1, 0.15) is 42.9 Å². The monoisotopic (exact) mass is 631 g/mol. The van der Waals surface area contributed by atoms with Gasteiger partial charge in [-0.25, -0.2) is 18.8 Å². The molecule has 0 radical (unpaired) electrons. The SMILES string of the molecule is O=C(NNC1CC1)[C@@]1(CCS(=O)(=O)c2ccccc2)N=C(c2ccc(OCCCO)cc2)O[C@H]1c1ccc(Cl)cc1Cl. The number of aliphatic hydroxyl groups is 1. The number of rotatable bonds is 13. The van der Waals surface area contributed by atoms with Gasteiger partial charge in [-0.05, 0) is 61.4 Å². The van der Waals surface area contributed by atoms with Crippen molar-refractivity contribution in [2.24, 2.45) is 4.99 Å². The number of hydrogen-bond acceptors (Lipinski definition) is 8. The summed E-state index contributed by atoms with van der Waals surface area (Å²) in [5.74, 6) is -0.151. The van der Waals surface area contributed by atoms with Gasteiger partial charge in [0.25, 0.3) is 5.91 Å². The zero-order valence-corrected chi connectivity index (χ0v) is 25.0. The Morgan fingerprint density at radius 3 is 2.48 bits per heavy atom. The molecule has 1 amide bonds. The maximum Gasteiger partial charge on any atom is 0.266 e. The molecule has 222 valence electrons. The number of hydrogen-bond donors (Lipinski definition) is 3. The van der Waals surface area contributed by atoms with Crippen molar-refractivity contribution in [3.8, 4) is 5.75 Å². The molecule has 1 aliphatic carbocycles. The molecule has 9 nitrogen and oxygen atoms in total. The molecule has 5 rings (SSSR count). The van der Waals surface area contributed by atoms with E-state index < -0.39 is 27.4 Å². The second-order valence-electron chi connectivity index (χ2n) is 10.2. The summed E-state index contributed by atoms with van der Waals surface area (Å²) in [6.07, 6.45) is 1.10. The van der Waals surface area contributed by atoms with Gasteiger partial charge < -0.3 is 14.6 Å². The van der Waals surface area contributed by atoms with Crippen molar-refractivity contribution in [3.05, 3.63) is 94.0 Å². The Bertz CT molecular complexity index is 1550. The maximum absolute atomic E-state index is 14.0. The van der Waals surface area contributed by atoms with Gasteiger partial charge in [0.15, 0.2) is 21.5 Å². The molecule has 1 fully saturated rings. The number of carbonyl (C=O) groups is 1. The first-order valence-corrected chi connectivity index (χ1v) is 16.0. The Hall–Kier alpha value is -3.15. The van der Waals surface area contributed by atoms with E-state index in [2.05, 4.69) is 10.9 Å². The lowest BCUT2D eigenvalue weighted by Crippen LogP contribution is -2.54. The van der Waals surface area contributed by atoms with E-state index in [1.54, 1.807) is 60.7 Å². The molecule has 0 saturated heterocycles. The lowest BCUT2D eigenvalue weighted by Gasteiger charge is -2.31. The molecule has 1 heterocycles. The fourth-order valence-corrected chi connectivity index (χ4v) is 6.50. The number of nitrogens with zero attached hydrogens (tertiary/aromatic N) is 1. The quantitative estimate of drug-likeness (QED) is 0.185. The summed E-state index contributed by atoms with van der Waals surface area (Å²) in [4.78, 5) is 19.0. The molecule has 0 spiro atoms. The minimum Gasteiger partial charge on any atom is -0.494 e. The molecular formula is C30H31Cl2N3O6S. The number of halogens is 2. The number of nitrogens with one attached hydrogen (secondary N) is 2. The van der Waals surface area contributed by atoms with Gasteiger partial charge in [0.05, 0.1) is 17.3 Å². The van der Waals surface area contributed by atoms with E-state index in [-0.39, 0.29) is 40.6 Å². The Kier molecular flexibility index (Phi) is 9.39. The van der Waals surface area contributed by atoms with Crippen LogP contribution in [0.5, 0.6) is 5.75 Å². The van der Waals surface area contributed by atoms with Crippen LogP contribution < -0.4 is 15.6 Å². The minimum absolute atomic E-state index is 0.0249. The van der Waals surface area contributed by atoms with Crippen molar-refractivity contribution < 1.29 is 27.8 Å². The van der Waals surface area contributed by atoms with Gasteiger partial charge in [-0.3, -0.25) is 10.2 Å². The number of ether oxygens (including phenoxy) is 2. The van der Waals surface area contributed by atoms with Crippen LogP contribution in [0, 0.1) is 0 Å². The van der Waals surface area contributed by atoms with Crippen LogP contribution in [0.25, 0.3) is 0 Å². The maximum atomic E-state index is 14.0. The number of aliphatic hydroxyl groups excluding tert-OH is 1. The summed E-state index contributed by atoms with van der Waals surface area (Å²) in [5.41, 5.74) is 5.09. The number of aliphatic imine (C=N–C) groups is 1. The molecule has 0 bridgehead atoms. The van der Waals surface area contributed by atoms with Crippen molar-refractivity contribution in [2.45, 2.75) is 48.3 Å². The van der Waals surface area contributed by atoms with E-state index in [4.69, 9.17) is 42.8 Å². The Labute approximate surface area is 254 Å². The van der Waals surface area contributed by atoms with E-state index in [9.17, 15) is 13.2 Å². The zero-order chi connectivity index (χ0) is 29.7. The highest BCUT2D eigenvalue weighted by atomic mass is 35.5. The van der Waals surface area contributed by atoms with E-state index in [0.29, 0.717) is 34.9 Å². The van der Waals surface area contributed by atoms with Gasteiger partial charge in [0.2, 0.25) is 5.90 Å². The van der Waals surface area contributed by atoms with Crippen LogP contribution >= 0.6 is 23.2 Å². The third kappa shape index (κ3) is 6.90. The smallest absolute Gasteiger partial charge is 0.266 e. The number of sulfone groups is 1. The van der Waals surface area contributed by atoms with Crippen LogP contribution in [0.4, 0.5) is 0 Å². The molecule has 2 aliphatic rings. The Morgan fingerprint density at radius 1 is 1.07 bits per heavy atom. The molecule has 1 aliphatic heterocycles. The summed E-state index contributed by atoms with van der Waals surface area (Å²) in [7, 11) is -3.77. The van der Waals surface area contributed by atoms with Gasteiger partial charge in [-0.2, -0.15) is 0 Å². The third-order valence-corrected chi connectivity index (χ3v) is 9.39. The van der Waals surface area contributed by atoms with E-state index >= 15 is 0 Å². The minimum atomic E-state index is -3.77. The second-order valence-corrected chi connectivity index (χ2v) is 13.2. The molecule has 0 unspecified atom stereocenters. The van der Waals surface area contributed by atoms with Crippen LogP contribution in [0.2, 0.25) is 10.0 Å². The first-order chi connectivity index (χ1) is 20.2. The fraction of sp³-hybridized carbons (Fsp3) is 0.333. The summed E-state index contributed by atoms with van der Waals surface area (Å²) in [6, 6.07) is 20.0. The molecule has 0 aromatic heterocycles.